The van der Waals surface area contributed by atoms with E-state index in [4.69, 9.17) is 11.6 Å². The van der Waals surface area contributed by atoms with Crippen LogP contribution < -0.4 is 5.32 Å². The lowest BCUT2D eigenvalue weighted by molar-refractivity contribution is -0.142. The molecule has 0 atom stereocenters. The molecule has 1 aromatic carbocycles. The van der Waals surface area contributed by atoms with Crippen LogP contribution in [-0.2, 0) is 6.18 Å². The molecule has 0 bridgehead atoms. The molecule has 0 saturated heterocycles. The average molecular weight is 418 g/mol. The molecule has 1 N–H and O–H groups in total. The van der Waals surface area contributed by atoms with E-state index in [2.05, 4.69) is 20.4 Å². The van der Waals surface area contributed by atoms with E-state index in [-0.39, 0.29) is 27.9 Å². The maximum Gasteiger partial charge on any atom is 0.433 e. The first-order chi connectivity index (χ1) is 13.8. The molecule has 0 aliphatic carbocycles. The monoisotopic (exact) mass is 417 g/mol. The standard InChI is InChI=1S/C19H11ClF3N5O/c20-17-12(7-4-8-24-17)26-18(29)14-10-16-25-13(11-5-2-1-3-6-11)9-15(19(21,22)23)28(16)27-14/h1-10H,(H,26,29). The fourth-order valence-electron chi connectivity index (χ4n) is 2.71. The van der Waals surface area contributed by atoms with Crippen molar-refractivity contribution in [1.29, 1.82) is 0 Å². The third kappa shape index (κ3) is 3.77. The predicted octanol–water partition coefficient (Wildman–Crippen LogP) is 4.72. The number of fused-ring (bicyclic) bond motifs is 1. The van der Waals surface area contributed by atoms with Crippen molar-refractivity contribution in [2.45, 2.75) is 6.18 Å². The summed E-state index contributed by atoms with van der Waals surface area (Å²) in [4.78, 5) is 20.5. The zero-order valence-corrected chi connectivity index (χ0v) is 15.2. The number of pyridine rings is 1. The van der Waals surface area contributed by atoms with Crippen molar-refractivity contribution in [3.63, 3.8) is 0 Å². The average Bonchev–Trinajstić information content (AvgIpc) is 3.13. The Morgan fingerprint density at radius 2 is 1.83 bits per heavy atom. The van der Waals surface area contributed by atoms with Crippen molar-refractivity contribution in [1.82, 2.24) is 19.6 Å². The van der Waals surface area contributed by atoms with Crippen LogP contribution in [0.2, 0.25) is 5.15 Å². The van der Waals surface area contributed by atoms with Crippen molar-refractivity contribution in [3.05, 3.63) is 77.3 Å². The molecule has 10 heteroatoms. The molecule has 0 unspecified atom stereocenters. The number of nitrogens with one attached hydrogen (secondary N) is 1. The van der Waals surface area contributed by atoms with Gasteiger partial charge in [0.15, 0.2) is 22.2 Å². The quantitative estimate of drug-likeness (QED) is 0.490. The first-order valence-corrected chi connectivity index (χ1v) is 8.66. The Labute approximate surface area is 167 Å². The van der Waals surface area contributed by atoms with Crippen molar-refractivity contribution in [3.8, 4) is 11.3 Å². The van der Waals surface area contributed by atoms with Gasteiger partial charge in [0.2, 0.25) is 0 Å². The highest BCUT2D eigenvalue weighted by Crippen LogP contribution is 2.32. The van der Waals surface area contributed by atoms with Crippen LogP contribution in [0.1, 0.15) is 16.2 Å². The Hall–Kier alpha value is -3.46. The van der Waals surface area contributed by atoms with Crippen LogP contribution >= 0.6 is 11.6 Å². The molecule has 29 heavy (non-hydrogen) atoms. The number of aromatic nitrogens is 4. The highest BCUT2D eigenvalue weighted by atomic mass is 35.5. The van der Waals surface area contributed by atoms with Gasteiger partial charge in [-0.2, -0.15) is 18.3 Å². The summed E-state index contributed by atoms with van der Waals surface area (Å²) in [6.45, 7) is 0. The molecular formula is C19H11ClF3N5O. The maximum absolute atomic E-state index is 13.6. The van der Waals surface area contributed by atoms with E-state index in [0.717, 1.165) is 6.07 Å². The van der Waals surface area contributed by atoms with Gasteiger partial charge in [-0.05, 0) is 18.2 Å². The lowest BCUT2D eigenvalue weighted by Crippen LogP contribution is -2.16. The van der Waals surface area contributed by atoms with Crippen LogP contribution in [-0.4, -0.2) is 25.5 Å². The molecule has 1 amide bonds. The number of hydrogen-bond acceptors (Lipinski definition) is 4. The van der Waals surface area contributed by atoms with Crippen molar-refractivity contribution >= 4 is 28.8 Å². The largest absolute Gasteiger partial charge is 0.433 e. The van der Waals surface area contributed by atoms with Gasteiger partial charge in [0, 0.05) is 17.8 Å². The molecule has 146 valence electrons. The summed E-state index contributed by atoms with van der Waals surface area (Å²) in [5.41, 5.74) is -0.554. The molecule has 4 aromatic rings. The van der Waals surface area contributed by atoms with E-state index >= 15 is 0 Å². The molecule has 4 rings (SSSR count). The molecule has 6 nitrogen and oxygen atoms in total. The Balaban J connectivity index is 1.80. The molecule has 3 aromatic heterocycles. The number of carbonyl (C=O) groups is 1. The van der Waals surface area contributed by atoms with Gasteiger partial charge in [0.25, 0.3) is 5.91 Å². The third-order valence-corrected chi connectivity index (χ3v) is 4.33. The summed E-state index contributed by atoms with van der Waals surface area (Å²) in [6, 6.07) is 13.6. The number of rotatable bonds is 3. The zero-order chi connectivity index (χ0) is 20.6. The lowest BCUT2D eigenvalue weighted by atomic mass is 10.1. The highest BCUT2D eigenvalue weighted by molar-refractivity contribution is 6.32. The predicted molar refractivity (Wildman–Crippen MR) is 101 cm³/mol. The molecule has 0 spiro atoms. The first kappa shape index (κ1) is 18.9. The second-order valence-electron chi connectivity index (χ2n) is 5.99. The normalized spacial score (nSPS) is 11.6. The number of anilines is 1. The number of hydrogen-bond donors (Lipinski definition) is 1. The summed E-state index contributed by atoms with van der Waals surface area (Å²) in [5.74, 6) is -0.736. The van der Waals surface area contributed by atoms with Crippen LogP contribution in [0, 0.1) is 0 Å². The molecule has 0 aliphatic heterocycles. The Morgan fingerprint density at radius 1 is 1.07 bits per heavy atom. The smallest absolute Gasteiger partial charge is 0.318 e. The Bertz CT molecular complexity index is 1210. The minimum atomic E-state index is -4.70. The highest BCUT2D eigenvalue weighted by Gasteiger charge is 2.35. The number of alkyl halides is 3. The van der Waals surface area contributed by atoms with Gasteiger partial charge in [0.1, 0.15) is 0 Å². The van der Waals surface area contributed by atoms with E-state index in [1.54, 1.807) is 36.4 Å². The zero-order valence-electron chi connectivity index (χ0n) is 14.5. The lowest BCUT2D eigenvalue weighted by Gasteiger charge is -2.10. The van der Waals surface area contributed by atoms with Crippen LogP contribution in [0.3, 0.4) is 0 Å². The minimum Gasteiger partial charge on any atom is -0.318 e. The maximum atomic E-state index is 13.6. The van der Waals surface area contributed by atoms with Crippen LogP contribution in [0.15, 0.2) is 60.8 Å². The van der Waals surface area contributed by atoms with Gasteiger partial charge >= 0.3 is 6.18 Å². The molecule has 3 heterocycles. The summed E-state index contributed by atoms with van der Waals surface area (Å²) in [6.07, 6.45) is -3.26. The van der Waals surface area contributed by atoms with E-state index < -0.39 is 17.8 Å². The van der Waals surface area contributed by atoms with Gasteiger partial charge in [-0.15, -0.1) is 0 Å². The van der Waals surface area contributed by atoms with E-state index in [1.165, 1.54) is 18.3 Å². The number of halogens is 4. The second kappa shape index (κ2) is 7.17. The van der Waals surface area contributed by atoms with Gasteiger partial charge in [-0.25, -0.2) is 14.5 Å². The summed E-state index contributed by atoms with van der Waals surface area (Å²) in [5, 5.41) is 6.32. The SMILES string of the molecule is O=C(Nc1cccnc1Cl)c1cc2nc(-c3ccccc3)cc(C(F)(F)F)n2n1. The van der Waals surface area contributed by atoms with Crippen molar-refractivity contribution < 1.29 is 18.0 Å². The molecule has 0 fully saturated rings. The van der Waals surface area contributed by atoms with Gasteiger partial charge in [0.05, 0.1) is 11.4 Å². The van der Waals surface area contributed by atoms with E-state index in [9.17, 15) is 18.0 Å². The van der Waals surface area contributed by atoms with Crippen molar-refractivity contribution in [2.24, 2.45) is 0 Å². The molecule has 0 saturated carbocycles. The van der Waals surface area contributed by atoms with Crippen molar-refractivity contribution in [2.75, 3.05) is 5.32 Å². The topological polar surface area (TPSA) is 72.2 Å². The fraction of sp³-hybridized carbons (Fsp3) is 0.0526. The summed E-state index contributed by atoms with van der Waals surface area (Å²) >= 11 is 5.90. The Morgan fingerprint density at radius 3 is 2.52 bits per heavy atom. The van der Waals surface area contributed by atoms with Gasteiger partial charge in [-0.1, -0.05) is 41.9 Å². The number of nitrogens with zero attached hydrogens (tertiary/aromatic N) is 4. The van der Waals surface area contributed by atoms with E-state index in [0.29, 0.717) is 10.1 Å². The Kier molecular flexibility index (Phi) is 4.67. The number of benzene rings is 1. The second-order valence-corrected chi connectivity index (χ2v) is 6.34. The van der Waals surface area contributed by atoms with Crippen LogP contribution in [0.5, 0.6) is 0 Å². The van der Waals surface area contributed by atoms with Crippen LogP contribution in [0.4, 0.5) is 18.9 Å². The van der Waals surface area contributed by atoms with E-state index in [1.807, 2.05) is 0 Å². The number of amides is 1. The number of carbonyl (C=O) groups excluding carboxylic acids is 1. The van der Waals surface area contributed by atoms with Gasteiger partial charge < -0.3 is 5.32 Å². The molecule has 0 aliphatic rings. The third-order valence-electron chi connectivity index (χ3n) is 4.03. The summed E-state index contributed by atoms with van der Waals surface area (Å²) < 4.78 is 41.4. The molecule has 0 radical (unpaired) electrons. The fourth-order valence-corrected chi connectivity index (χ4v) is 2.88. The first-order valence-electron chi connectivity index (χ1n) is 8.28. The van der Waals surface area contributed by atoms with Gasteiger partial charge in [-0.3, -0.25) is 4.79 Å². The summed E-state index contributed by atoms with van der Waals surface area (Å²) in [7, 11) is 0. The minimum absolute atomic E-state index is 0.0464. The molecular weight excluding hydrogens is 407 g/mol. The van der Waals surface area contributed by atoms with Crippen LogP contribution in [0.25, 0.3) is 16.9 Å².